The van der Waals surface area contributed by atoms with E-state index in [1.54, 1.807) is 0 Å². The number of hydrogen-bond acceptors (Lipinski definition) is 3. The Morgan fingerprint density at radius 1 is 1.47 bits per heavy atom. The zero-order chi connectivity index (χ0) is 13.1. The molecule has 0 aromatic heterocycles. The maximum Gasteiger partial charge on any atom is 0.237 e. The zero-order valence-electron chi connectivity index (χ0n) is 10.0. The van der Waals surface area contributed by atoms with Crippen molar-refractivity contribution in [3.05, 3.63) is 35.4 Å². The van der Waals surface area contributed by atoms with Crippen LogP contribution in [0.1, 0.15) is 12.0 Å². The lowest BCUT2D eigenvalue weighted by Gasteiger charge is -2.11. The lowest BCUT2D eigenvalue weighted by Crippen LogP contribution is -2.40. The largest absolute Gasteiger partial charge is 0.392 e. The molecule has 1 heterocycles. The molecule has 0 bridgehead atoms. The van der Waals surface area contributed by atoms with Gasteiger partial charge in [0.15, 0.2) is 0 Å². The van der Waals surface area contributed by atoms with Crippen LogP contribution in [0.2, 0.25) is 0 Å². The highest BCUT2D eigenvalue weighted by Gasteiger charge is 2.27. The molecule has 1 amide bonds. The number of benzene rings is 1. The first-order chi connectivity index (χ1) is 8.56. The molecule has 2 atom stereocenters. The highest BCUT2D eigenvalue weighted by atomic mass is 35.5. The zero-order valence-corrected chi connectivity index (χ0v) is 10.8. The molecule has 4 nitrogen and oxygen atoms in total. The number of rotatable bonds is 3. The summed E-state index contributed by atoms with van der Waals surface area (Å²) >= 11 is 0. The molecule has 1 aromatic rings. The van der Waals surface area contributed by atoms with Crippen molar-refractivity contribution < 1.29 is 18.7 Å². The first-order valence-electron chi connectivity index (χ1n) is 5.69. The molecular weight excluding hydrogens is 278 g/mol. The Hall–Kier alpha value is -1.24. The lowest BCUT2D eigenvalue weighted by atomic mass is 10.1. The fourth-order valence-electron chi connectivity index (χ4n) is 1.89. The Kier molecular flexibility index (Phi) is 5.65. The van der Waals surface area contributed by atoms with Gasteiger partial charge >= 0.3 is 0 Å². The van der Waals surface area contributed by atoms with Crippen molar-refractivity contribution in [2.75, 3.05) is 6.54 Å². The maximum atomic E-state index is 13.3. The smallest absolute Gasteiger partial charge is 0.237 e. The van der Waals surface area contributed by atoms with Crippen molar-refractivity contribution in [3.63, 3.8) is 0 Å². The second-order valence-electron chi connectivity index (χ2n) is 4.30. The van der Waals surface area contributed by atoms with Crippen molar-refractivity contribution in [1.82, 2.24) is 10.6 Å². The van der Waals surface area contributed by atoms with Crippen LogP contribution in [0.15, 0.2) is 18.2 Å². The molecule has 1 saturated heterocycles. The van der Waals surface area contributed by atoms with Crippen molar-refractivity contribution >= 4 is 18.3 Å². The van der Waals surface area contributed by atoms with E-state index >= 15 is 0 Å². The molecule has 0 spiro atoms. The van der Waals surface area contributed by atoms with E-state index in [2.05, 4.69) is 10.6 Å². The number of carbonyl (C=O) groups is 1. The summed E-state index contributed by atoms with van der Waals surface area (Å²) in [4.78, 5) is 11.7. The number of halogens is 3. The van der Waals surface area contributed by atoms with Crippen molar-refractivity contribution in [2.24, 2.45) is 0 Å². The van der Waals surface area contributed by atoms with Crippen LogP contribution in [0.5, 0.6) is 0 Å². The monoisotopic (exact) mass is 292 g/mol. The first kappa shape index (κ1) is 15.8. The number of carbonyl (C=O) groups excluding carboxylic acids is 1. The third-order valence-corrected chi connectivity index (χ3v) is 2.89. The minimum absolute atomic E-state index is 0. The summed E-state index contributed by atoms with van der Waals surface area (Å²) in [5.41, 5.74) is 0.225. The molecule has 0 saturated carbocycles. The minimum Gasteiger partial charge on any atom is -0.392 e. The summed E-state index contributed by atoms with van der Waals surface area (Å²) < 4.78 is 26.0. The topological polar surface area (TPSA) is 61.4 Å². The molecule has 1 aliphatic heterocycles. The number of β-amino-alcohol motifs (C(OH)–C–C–N with tert-alkyl or cyclic N) is 1. The molecule has 7 heteroatoms. The third-order valence-electron chi connectivity index (χ3n) is 2.89. The summed E-state index contributed by atoms with van der Waals surface area (Å²) in [6, 6.07) is 2.76. The molecule has 2 rings (SSSR count). The summed E-state index contributed by atoms with van der Waals surface area (Å²) in [5.74, 6) is -1.63. The number of amides is 1. The lowest BCUT2D eigenvalue weighted by molar-refractivity contribution is -0.123. The Morgan fingerprint density at radius 3 is 2.79 bits per heavy atom. The Morgan fingerprint density at radius 2 is 2.21 bits per heavy atom. The predicted molar refractivity (Wildman–Crippen MR) is 67.9 cm³/mol. The fraction of sp³-hybridized carbons (Fsp3) is 0.417. The van der Waals surface area contributed by atoms with Crippen molar-refractivity contribution in [1.29, 1.82) is 0 Å². The second-order valence-corrected chi connectivity index (χ2v) is 4.30. The Balaban J connectivity index is 0.00000180. The SMILES string of the molecule is Cl.O=C(NCc1ccc(F)cc1F)C1CC(O)CN1. The van der Waals surface area contributed by atoms with Gasteiger partial charge < -0.3 is 15.7 Å². The molecule has 0 aliphatic carbocycles. The van der Waals surface area contributed by atoms with E-state index in [0.29, 0.717) is 13.0 Å². The molecule has 106 valence electrons. The number of hydrogen-bond donors (Lipinski definition) is 3. The van der Waals surface area contributed by atoms with Gasteiger partial charge in [0.1, 0.15) is 11.6 Å². The van der Waals surface area contributed by atoms with E-state index in [-0.39, 0.29) is 30.4 Å². The fourth-order valence-corrected chi connectivity index (χ4v) is 1.89. The van der Waals surface area contributed by atoms with Gasteiger partial charge in [-0.05, 0) is 12.5 Å². The molecule has 19 heavy (non-hydrogen) atoms. The number of aliphatic hydroxyl groups is 1. The quantitative estimate of drug-likeness (QED) is 0.769. The van der Waals surface area contributed by atoms with Crippen LogP contribution in [-0.2, 0) is 11.3 Å². The molecule has 1 aliphatic rings. The van der Waals surface area contributed by atoms with E-state index in [1.807, 2.05) is 0 Å². The molecule has 3 N–H and O–H groups in total. The van der Waals surface area contributed by atoms with E-state index in [0.717, 1.165) is 12.1 Å². The third kappa shape index (κ3) is 4.12. The van der Waals surface area contributed by atoms with E-state index in [1.165, 1.54) is 6.07 Å². The minimum atomic E-state index is -0.685. The highest BCUT2D eigenvalue weighted by Crippen LogP contribution is 2.10. The van der Waals surface area contributed by atoms with Gasteiger partial charge in [-0.1, -0.05) is 6.07 Å². The van der Waals surface area contributed by atoms with Crippen LogP contribution in [0.25, 0.3) is 0 Å². The van der Waals surface area contributed by atoms with Gasteiger partial charge in [0.05, 0.1) is 12.1 Å². The maximum absolute atomic E-state index is 13.3. The average molecular weight is 293 g/mol. The van der Waals surface area contributed by atoms with Crippen molar-refractivity contribution in [2.45, 2.75) is 25.1 Å². The van der Waals surface area contributed by atoms with E-state index in [4.69, 9.17) is 0 Å². The summed E-state index contributed by atoms with van der Waals surface area (Å²) in [5, 5.41) is 14.7. The molecule has 2 unspecified atom stereocenters. The van der Waals surface area contributed by atoms with Gasteiger partial charge in [0.2, 0.25) is 5.91 Å². The van der Waals surface area contributed by atoms with E-state index in [9.17, 15) is 18.7 Å². The van der Waals surface area contributed by atoms with Gasteiger partial charge in [-0.3, -0.25) is 4.79 Å². The van der Waals surface area contributed by atoms with Crippen LogP contribution in [0, 0.1) is 11.6 Å². The number of aliphatic hydroxyl groups excluding tert-OH is 1. The highest BCUT2D eigenvalue weighted by molar-refractivity contribution is 5.85. The summed E-state index contributed by atoms with van der Waals surface area (Å²) in [7, 11) is 0. The summed E-state index contributed by atoms with van der Waals surface area (Å²) in [6.45, 7) is 0.377. The van der Waals surface area contributed by atoms with Crippen LogP contribution in [0.4, 0.5) is 8.78 Å². The number of nitrogens with one attached hydrogen (secondary N) is 2. The van der Waals surface area contributed by atoms with Crippen LogP contribution < -0.4 is 10.6 Å². The Labute approximate surface area is 115 Å². The van der Waals surface area contributed by atoms with E-state index < -0.39 is 23.8 Å². The van der Waals surface area contributed by atoms with Crippen LogP contribution in [-0.4, -0.2) is 29.7 Å². The normalized spacial score (nSPS) is 21.8. The molecule has 1 aromatic carbocycles. The van der Waals surface area contributed by atoms with Gasteiger partial charge in [0.25, 0.3) is 0 Å². The van der Waals surface area contributed by atoms with Crippen LogP contribution >= 0.6 is 12.4 Å². The molecule has 1 fully saturated rings. The predicted octanol–water partition coefficient (Wildman–Crippen LogP) is 0.726. The molecular formula is C12H15ClF2N2O2. The Bertz CT molecular complexity index is 459. The standard InChI is InChI=1S/C12H14F2N2O2.ClH/c13-8-2-1-7(10(14)3-8)5-16-12(18)11-4-9(17)6-15-11;/h1-3,9,11,15,17H,4-6H2,(H,16,18);1H. The van der Waals surface area contributed by atoms with Crippen molar-refractivity contribution in [3.8, 4) is 0 Å². The summed E-state index contributed by atoms with van der Waals surface area (Å²) in [6.07, 6.45) is -0.180. The second kappa shape index (κ2) is 6.79. The first-order valence-corrected chi connectivity index (χ1v) is 5.69. The van der Waals surface area contributed by atoms with Crippen LogP contribution in [0.3, 0.4) is 0 Å². The molecule has 0 radical (unpaired) electrons. The van der Waals surface area contributed by atoms with Gasteiger partial charge in [-0.2, -0.15) is 0 Å². The average Bonchev–Trinajstić information content (AvgIpc) is 2.74. The van der Waals surface area contributed by atoms with Gasteiger partial charge in [-0.25, -0.2) is 8.78 Å². The van der Waals surface area contributed by atoms with Gasteiger partial charge in [-0.15, -0.1) is 12.4 Å². The van der Waals surface area contributed by atoms with Gasteiger partial charge in [0, 0.05) is 24.7 Å².